The quantitative estimate of drug-likeness (QED) is 0.660. The van der Waals surface area contributed by atoms with Gasteiger partial charge in [0.05, 0.1) is 16.8 Å². The lowest BCUT2D eigenvalue weighted by molar-refractivity contribution is 0.519. The molecule has 3 nitrogen and oxygen atoms in total. The molecule has 0 aliphatic carbocycles. The normalized spacial score (nSPS) is 12.4. The van der Waals surface area contributed by atoms with Crippen molar-refractivity contribution < 1.29 is 4.39 Å². The Labute approximate surface area is 110 Å². The molecule has 0 radical (unpaired) electrons. The van der Waals surface area contributed by atoms with E-state index >= 15 is 0 Å². The Morgan fingerprint density at radius 2 is 2.06 bits per heavy atom. The van der Waals surface area contributed by atoms with Crippen molar-refractivity contribution >= 4 is 11.6 Å². The van der Waals surface area contributed by atoms with Gasteiger partial charge in [0.1, 0.15) is 5.82 Å². The third-order valence-electron chi connectivity index (χ3n) is 2.70. The van der Waals surface area contributed by atoms with Crippen LogP contribution in [0.1, 0.15) is 17.3 Å². The molecule has 0 saturated heterocycles. The first kappa shape index (κ1) is 13.0. The van der Waals surface area contributed by atoms with Crippen LogP contribution < -0.4 is 11.3 Å². The van der Waals surface area contributed by atoms with Gasteiger partial charge in [0.2, 0.25) is 0 Å². The maximum Gasteiger partial charge on any atom is 0.126 e. The minimum absolute atomic E-state index is 0.259. The Morgan fingerprint density at radius 3 is 2.72 bits per heavy atom. The number of nitrogens with zero attached hydrogens (tertiary/aromatic N) is 1. The Kier molecular flexibility index (Phi) is 4.25. The molecule has 0 fully saturated rings. The number of benzene rings is 1. The van der Waals surface area contributed by atoms with Crippen LogP contribution in [-0.4, -0.2) is 4.98 Å². The monoisotopic (exact) mass is 265 g/mol. The van der Waals surface area contributed by atoms with Crippen LogP contribution in [0.3, 0.4) is 0 Å². The maximum absolute atomic E-state index is 13.6. The number of hydrogen-bond acceptors (Lipinski definition) is 3. The molecular weight excluding hydrogens is 253 g/mol. The van der Waals surface area contributed by atoms with Crippen LogP contribution in [0, 0.1) is 5.82 Å². The van der Waals surface area contributed by atoms with Gasteiger partial charge in [0, 0.05) is 6.20 Å². The highest BCUT2D eigenvalue weighted by Crippen LogP contribution is 2.23. The highest BCUT2D eigenvalue weighted by atomic mass is 35.5. The zero-order valence-electron chi connectivity index (χ0n) is 9.61. The Hall–Kier alpha value is -1.49. The lowest BCUT2D eigenvalue weighted by atomic mass is 10.0. The Bertz CT molecular complexity index is 533. The molecule has 0 spiro atoms. The average Bonchev–Trinajstić information content (AvgIpc) is 2.39. The van der Waals surface area contributed by atoms with E-state index in [1.54, 1.807) is 36.5 Å². The number of nitrogens with two attached hydrogens (primary N) is 1. The minimum atomic E-state index is -0.324. The van der Waals surface area contributed by atoms with Gasteiger partial charge in [0.25, 0.3) is 0 Å². The minimum Gasteiger partial charge on any atom is -0.271 e. The summed E-state index contributed by atoms with van der Waals surface area (Å²) >= 11 is 6.05. The summed E-state index contributed by atoms with van der Waals surface area (Å²) in [6.07, 6.45) is 2.02. The molecule has 1 aromatic heterocycles. The molecule has 94 valence electrons. The van der Waals surface area contributed by atoms with Crippen LogP contribution in [0.25, 0.3) is 0 Å². The summed E-state index contributed by atoms with van der Waals surface area (Å²) in [6, 6.07) is 9.72. The van der Waals surface area contributed by atoms with Gasteiger partial charge < -0.3 is 0 Å². The second-order valence-corrected chi connectivity index (χ2v) is 4.29. The molecule has 2 rings (SSSR count). The third-order valence-corrected chi connectivity index (χ3v) is 3.02. The molecule has 1 unspecified atom stereocenters. The fraction of sp³-hybridized carbons (Fsp3) is 0.154. The number of aromatic nitrogens is 1. The molecule has 0 aliphatic rings. The SMILES string of the molecule is NNC(Cc1ccccc1F)c1ncccc1Cl. The van der Waals surface area contributed by atoms with Crippen molar-refractivity contribution in [3.63, 3.8) is 0 Å². The first-order valence-electron chi connectivity index (χ1n) is 5.52. The van der Waals surface area contributed by atoms with Crippen molar-refractivity contribution in [1.29, 1.82) is 0 Å². The van der Waals surface area contributed by atoms with Gasteiger partial charge in [0.15, 0.2) is 0 Å². The van der Waals surface area contributed by atoms with Crippen LogP contribution in [0.2, 0.25) is 5.02 Å². The molecule has 0 saturated carbocycles. The molecule has 2 aromatic rings. The Balaban J connectivity index is 2.26. The number of hydrogen-bond donors (Lipinski definition) is 2. The van der Waals surface area contributed by atoms with E-state index in [0.29, 0.717) is 22.7 Å². The van der Waals surface area contributed by atoms with E-state index in [1.165, 1.54) is 6.07 Å². The largest absolute Gasteiger partial charge is 0.271 e. The van der Waals surface area contributed by atoms with Crippen LogP contribution in [-0.2, 0) is 6.42 Å². The second-order valence-electron chi connectivity index (χ2n) is 3.89. The fourth-order valence-corrected chi connectivity index (χ4v) is 2.03. The fourth-order valence-electron chi connectivity index (χ4n) is 1.77. The zero-order chi connectivity index (χ0) is 13.0. The summed E-state index contributed by atoms with van der Waals surface area (Å²) in [5, 5.41) is 0.511. The topological polar surface area (TPSA) is 50.9 Å². The van der Waals surface area contributed by atoms with Gasteiger partial charge in [-0.15, -0.1) is 0 Å². The van der Waals surface area contributed by atoms with Gasteiger partial charge in [-0.1, -0.05) is 29.8 Å². The third kappa shape index (κ3) is 2.85. The summed E-state index contributed by atoms with van der Waals surface area (Å²) < 4.78 is 13.6. The summed E-state index contributed by atoms with van der Waals surface area (Å²) in [6.45, 7) is 0. The molecule has 1 heterocycles. The van der Waals surface area contributed by atoms with E-state index in [0.717, 1.165) is 0 Å². The Morgan fingerprint density at radius 1 is 1.28 bits per heavy atom. The van der Waals surface area contributed by atoms with Crippen molar-refractivity contribution in [1.82, 2.24) is 10.4 Å². The van der Waals surface area contributed by atoms with Gasteiger partial charge in [-0.25, -0.2) is 4.39 Å². The van der Waals surface area contributed by atoms with Crippen LogP contribution >= 0.6 is 11.6 Å². The van der Waals surface area contributed by atoms with Gasteiger partial charge in [-0.2, -0.15) is 0 Å². The van der Waals surface area contributed by atoms with E-state index < -0.39 is 0 Å². The summed E-state index contributed by atoms with van der Waals surface area (Å²) in [5.74, 6) is 5.24. The number of rotatable bonds is 4. The van der Waals surface area contributed by atoms with Crippen molar-refractivity contribution in [3.8, 4) is 0 Å². The first-order chi connectivity index (χ1) is 8.72. The van der Waals surface area contributed by atoms with E-state index in [9.17, 15) is 4.39 Å². The predicted octanol–water partition coefficient (Wildman–Crippen LogP) is 2.62. The number of nitrogens with one attached hydrogen (secondary N) is 1. The molecule has 0 aliphatic heterocycles. The molecule has 3 N–H and O–H groups in total. The van der Waals surface area contributed by atoms with E-state index in [-0.39, 0.29) is 11.9 Å². The maximum atomic E-state index is 13.6. The molecule has 0 bridgehead atoms. The van der Waals surface area contributed by atoms with Crippen LogP contribution in [0.15, 0.2) is 42.6 Å². The standard InChI is InChI=1S/C13H13ClFN3/c14-10-5-3-7-17-13(10)12(18-16)8-9-4-1-2-6-11(9)15/h1-7,12,18H,8,16H2. The molecule has 18 heavy (non-hydrogen) atoms. The van der Waals surface area contributed by atoms with Crippen molar-refractivity contribution in [2.45, 2.75) is 12.5 Å². The molecule has 1 aromatic carbocycles. The van der Waals surface area contributed by atoms with Gasteiger partial charge in [-0.3, -0.25) is 16.3 Å². The summed E-state index contributed by atoms with van der Waals surface area (Å²) in [7, 11) is 0. The molecule has 0 amide bonds. The first-order valence-corrected chi connectivity index (χ1v) is 5.90. The molecular formula is C13H13ClFN3. The number of pyridine rings is 1. The van der Waals surface area contributed by atoms with Crippen molar-refractivity contribution in [2.24, 2.45) is 5.84 Å². The van der Waals surface area contributed by atoms with E-state index in [4.69, 9.17) is 17.4 Å². The summed E-state index contributed by atoms with van der Waals surface area (Å²) in [5.41, 5.74) is 3.81. The molecule has 5 heteroatoms. The number of hydrazine groups is 1. The lowest BCUT2D eigenvalue weighted by Crippen LogP contribution is -2.30. The van der Waals surface area contributed by atoms with Crippen molar-refractivity contribution in [2.75, 3.05) is 0 Å². The lowest BCUT2D eigenvalue weighted by Gasteiger charge is -2.16. The predicted molar refractivity (Wildman–Crippen MR) is 69.4 cm³/mol. The van der Waals surface area contributed by atoms with Gasteiger partial charge in [-0.05, 0) is 30.2 Å². The average molecular weight is 266 g/mol. The van der Waals surface area contributed by atoms with Crippen molar-refractivity contribution in [3.05, 3.63) is 64.7 Å². The number of halogens is 2. The van der Waals surface area contributed by atoms with Crippen LogP contribution in [0.4, 0.5) is 4.39 Å². The van der Waals surface area contributed by atoms with Gasteiger partial charge >= 0.3 is 0 Å². The highest BCUT2D eigenvalue weighted by Gasteiger charge is 2.16. The second kappa shape index (κ2) is 5.91. The molecule has 1 atom stereocenters. The van der Waals surface area contributed by atoms with E-state index in [2.05, 4.69) is 10.4 Å². The van der Waals surface area contributed by atoms with Crippen LogP contribution in [0.5, 0.6) is 0 Å². The summed E-state index contributed by atoms with van der Waals surface area (Å²) in [4.78, 5) is 4.18. The highest BCUT2D eigenvalue weighted by molar-refractivity contribution is 6.31. The zero-order valence-corrected chi connectivity index (χ0v) is 10.4. The smallest absolute Gasteiger partial charge is 0.126 e. The van der Waals surface area contributed by atoms with E-state index in [1.807, 2.05) is 0 Å².